The van der Waals surface area contributed by atoms with Gasteiger partial charge in [-0.2, -0.15) is 0 Å². The van der Waals surface area contributed by atoms with Crippen molar-refractivity contribution in [2.75, 3.05) is 4.23 Å². The Morgan fingerprint density at radius 1 is 1.11 bits per heavy atom. The molecular formula is C12H21Br2FMgNSi2. The quantitative estimate of drug-likeness (QED) is 0.570. The highest BCUT2D eigenvalue weighted by atomic mass is 79.9. The molecule has 1 aromatic rings. The molecular weight excluding hydrogens is 417 g/mol. The van der Waals surface area contributed by atoms with E-state index in [-0.39, 0.29) is 21.8 Å². The number of halogens is 3. The lowest BCUT2D eigenvalue weighted by atomic mass is 10.3. The van der Waals surface area contributed by atoms with Crippen LogP contribution in [0.25, 0.3) is 0 Å². The first-order valence-electron chi connectivity index (χ1n) is 6.13. The Balaban J connectivity index is 0.000000982. The van der Waals surface area contributed by atoms with E-state index < -0.39 is 16.5 Å². The molecule has 1 nitrogen and oxygen atoms in total. The molecule has 7 heteroatoms. The van der Waals surface area contributed by atoms with E-state index in [1.54, 1.807) is 12.1 Å². The molecule has 1 rings (SSSR count). The van der Waals surface area contributed by atoms with Gasteiger partial charge in [-0.15, -0.1) is 0 Å². The Bertz CT molecular complexity index is 380. The summed E-state index contributed by atoms with van der Waals surface area (Å²) in [6.45, 7) is 13.6. The summed E-state index contributed by atoms with van der Waals surface area (Å²) in [5.74, 6) is -0.122. The summed E-state index contributed by atoms with van der Waals surface area (Å²) in [6.07, 6.45) is 0. The molecule has 0 aliphatic carbocycles. The molecule has 0 aromatic heterocycles. The van der Waals surface area contributed by atoms with Crippen LogP contribution in [0.5, 0.6) is 0 Å². The molecule has 0 spiro atoms. The van der Waals surface area contributed by atoms with Gasteiger partial charge in [0.25, 0.3) is 0 Å². The van der Waals surface area contributed by atoms with Gasteiger partial charge in [-0.25, -0.2) is 4.39 Å². The zero-order valence-corrected chi connectivity index (χ0v) is 19.1. The Morgan fingerprint density at radius 3 is 1.84 bits per heavy atom. The van der Waals surface area contributed by atoms with Gasteiger partial charge in [-0.3, -0.25) is 25.8 Å². The van der Waals surface area contributed by atoms with Crippen LogP contribution in [-0.2, 0) is 0 Å². The summed E-state index contributed by atoms with van der Waals surface area (Å²) in [5.41, 5.74) is 0.737. The van der Waals surface area contributed by atoms with Gasteiger partial charge in [-0.05, 0) is 18.2 Å². The van der Waals surface area contributed by atoms with Crippen molar-refractivity contribution in [1.29, 1.82) is 0 Å². The number of hydrogen-bond acceptors (Lipinski definition) is 1. The maximum absolute atomic E-state index is 13.9. The summed E-state index contributed by atoms with van der Waals surface area (Å²) < 4.78 is 16.3. The van der Waals surface area contributed by atoms with Gasteiger partial charge in [0.15, 0.2) is 0 Å². The van der Waals surface area contributed by atoms with Gasteiger partial charge in [-0.1, -0.05) is 45.3 Å². The van der Waals surface area contributed by atoms with E-state index in [4.69, 9.17) is 0 Å². The molecule has 0 aliphatic rings. The molecule has 0 heterocycles. The van der Waals surface area contributed by atoms with Crippen LogP contribution in [0.15, 0.2) is 18.2 Å². The monoisotopic (exact) mass is 436 g/mol. The van der Waals surface area contributed by atoms with Gasteiger partial charge in [0.2, 0.25) is 0 Å². The summed E-state index contributed by atoms with van der Waals surface area (Å²) in [4.78, 5) is 0. The van der Waals surface area contributed by atoms with Crippen molar-refractivity contribution in [1.82, 2.24) is 0 Å². The number of benzene rings is 1. The van der Waals surface area contributed by atoms with Crippen LogP contribution in [0, 0.1) is 11.9 Å². The number of hydrogen-bond donors (Lipinski definition) is 0. The van der Waals surface area contributed by atoms with Crippen molar-refractivity contribution >= 4 is 63.9 Å². The van der Waals surface area contributed by atoms with Crippen LogP contribution in [0.1, 0.15) is 0 Å². The molecule has 1 aromatic carbocycles. The fraction of sp³-hybridized carbons (Fsp3) is 0.500. The summed E-state index contributed by atoms with van der Waals surface area (Å²) in [5, 5.41) is 0. The highest BCUT2D eigenvalue weighted by Gasteiger charge is 2.35. The second-order valence-electron chi connectivity index (χ2n) is 6.16. The highest BCUT2D eigenvalue weighted by Crippen LogP contribution is 2.29. The van der Waals surface area contributed by atoms with Crippen LogP contribution in [0.3, 0.4) is 0 Å². The minimum Gasteiger partial charge on any atom is -0.422 e. The molecule has 0 saturated heterocycles. The van der Waals surface area contributed by atoms with Crippen LogP contribution in [0.2, 0.25) is 39.3 Å². The molecule has 0 aliphatic heterocycles. The minimum absolute atomic E-state index is 0.0417. The van der Waals surface area contributed by atoms with E-state index in [1.807, 2.05) is 0 Å². The lowest BCUT2D eigenvalue weighted by molar-refractivity contribution is 0.630. The minimum atomic E-state index is -1.56. The Labute approximate surface area is 141 Å². The molecule has 0 unspecified atom stereocenters. The lowest BCUT2D eigenvalue weighted by Gasteiger charge is -2.45. The topological polar surface area (TPSA) is 3.24 Å². The molecule has 0 fully saturated rings. The highest BCUT2D eigenvalue weighted by molar-refractivity contribution is 9.47. The maximum atomic E-state index is 13.9. The van der Waals surface area contributed by atoms with Crippen LogP contribution >= 0.6 is 25.8 Å². The van der Waals surface area contributed by atoms with E-state index >= 15 is 0 Å². The fourth-order valence-corrected chi connectivity index (χ4v) is 12.1. The van der Waals surface area contributed by atoms with Crippen molar-refractivity contribution < 1.29 is 4.39 Å². The molecule has 19 heavy (non-hydrogen) atoms. The van der Waals surface area contributed by atoms with E-state index in [2.05, 4.69) is 75.3 Å². The van der Waals surface area contributed by atoms with E-state index in [1.165, 1.54) is 6.07 Å². The smallest absolute Gasteiger partial charge is 0.422 e. The first-order chi connectivity index (χ1) is 8.55. The third-order valence-electron chi connectivity index (χ3n) is 2.37. The van der Waals surface area contributed by atoms with Crippen LogP contribution in [-0.4, -0.2) is 32.5 Å². The predicted octanol–water partition coefficient (Wildman–Crippen LogP) is 5.41. The molecule has 0 saturated carbocycles. The maximum Gasteiger partial charge on any atom is 0.560 e. The average molecular weight is 439 g/mol. The Hall–Kier alpha value is 1.11. The standard InChI is InChI=1S/C12H21FNSi2.2BrH.Mg/c1-15(2,3)14(16(4,5)6)12-10-8-7-9-11(12)13;;;/h7,9-10H,1-6H3;2*1H;/q;;;+2/p-2. The van der Waals surface area contributed by atoms with E-state index in [9.17, 15) is 4.39 Å². The first kappa shape index (κ1) is 20.1. The van der Waals surface area contributed by atoms with Crippen LogP contribution < -0.4 is 4.23 Å². The predicted molar refractivity (Wildman–Crippen MR) is 98.0 cm³/mol. The number of nitrogens with zero attached hydrogens (tertiary/aromatic N) is 1. The molecule has 0 atom stereocenters. The van der Waals surface area contributed by atoms with Crippen LogP contribution in [0.4, 0.5) is 10.1 Å². The summed E-state index contributed by atoms with van der Waals surface area (Å²) >= 11 is 6.44. The Morgan fingerprint density at radius 2 is 1.53 bits per heavy atom. The lowest BCUT2D eigenvalue weighted by Crippen LogP contribution is -2.59. The van der Waals surface area contributed by atoms with Gasteiger partial charge < -0.3 is 4.23 Å². The number of anilines is 1. The zero-order valence-electron chi connectivity index (χ0n) is 12.5. The second-order valence-corrected chi connectivity index (χ2v) is 24.3. The van der Waals surface area contributed by atoms with Gasteiger partial charge in [0.05, 0.1) is 5.69 Å². The first-order valence-corrected chi connectivity index (χ1v) is 20.8. The van der Waals surface area contributed by atoms with E-state index in [0.29, 0.717) is 0 Å². The molecule has 1 radical (unpaired) electrons. The van der Waals surface area contributed by atoms with E-state index in [0.717, 1.165) is 5.69 Å². The Kier molecular flexibility index (Phi) is 9.03. The van der Waals surface area contributed by atoms with Crippen molar-refractivity contribution in [3.8, 4) is 0 Å². The van der Waals surface area contributed by atoms with Gasteiger partial charge in [0, 0.05) is 0 Å². The zero-order chi connectivity index (χ0) is 15.3. The third kappa shape index (κ3) is 7.08. The summed E-state index contributed by atoms with van der Waals surface area (Å²) in [6, 6.07) is 7.91. The van der Waals surface area contributed by atoms with Crippen molar-refractivity contribution in [3.05, 3.63) is 30.1 Å². The number of rotatable bonds is 3. The fourth-order valence-electron chi connectivity index (χ4n) is 2.30. The second kappa shape index (κ2) is 8.53. The summed E-state index contributed by atoms with van der Waals surface area (Å²) in [7, 11) is -3.12. The normalized spacial score (nSPS) is 11.2. The van der Waals surface area contributed by atoms with Crippen molar-refractivity contribution in [2.45, 2.75) is 39.3 Å². The molecule has 105 valence electrons. The van der Waals surface area contributed by atoms with Gasteiger partial charge >= 0.3 is 16.0 Å². The third-order valence-corrected chi connectivity index (χ3v) is 9.56. The average Bonchev–Trinajstić information content (AvgIpc) is 2.18. The largest absolute Gasteiger partial charge is 0.560 e. The van der Waals surface area contributed by atoms with Crippen molar-refractivity contribution in [2.24, 2.45) is 0 Å². The van der Waals surface area contributed by atoms with Gasteiger partial charge in [0.1, 0.15) is 22.3 Å². The molecule has 0 amide bonds. The molecule has 0 bridgehead atoms. The molecule has 0 N–H and O–H groups in total. The van der Waals surface area contributed by atoms with Crippen molar-refractivity contribution in [3.63, 3.8) is 0 Å². The SMILES string of the molecule is C[Si](C)(C)N(c1c[c]ccc1F)[Si](C)(C)C.[Br][Mg][Br].